The Labute approximate surface area is 105 Å². The van der Waals surface area contributed by atoms with Crippen molar-refractivity contribution >= 4 is 11.8 Å². The number of carbonyl (C=O) groups excluding carboxylic acids is 2. The molecule has 0 aromatic rings. The Kier molecular flexibility index (Phi) is 5.01. The van der Waals surface area contributed by atoms with E-state index in [0.29, 0.717) is 25.8 Å². The monoisotopic (exact) mass is 263 g/mol. The molecule has 3 N–H and O–H groups in total. The number of amides is 2. The Morgan fingerprint density at radius 3 is 2.72 bits per heavy atom. The van der Waals surface area contributed by atoms with E-state index in [1.165, 1.54) is 4.90 Å². The van der Waals surface area contributed by atoms with Gasteiger partial charge >= 0.3 is 0 Å². The molecule has 0 aliphatic carbocycles. The van der Waals surface area contributed by atoms with Gasteiger partial charge in [-0.05, 0) is 12.8 Å². The number of likely N-dealkylation sites (tertiary alicyclic amines) is 1. The molecule has 0 aromatic heterocycles. The smallest absolute Gasteiger partial charge is 0.277 e. The summed E-state index contributed by atoms with van der Waals surface area (Å²) in [5.41, 5.74) is 4.88. The van der Waals surface area contributed by atoms with E-state index in [1.54, 1.807) is 6.92 Å². The summed E-state index contributed by atoms with van der Waals surface area (Å²) in [6, 6.07) is -0.659. The van der Waals surface area contributed by atoms with Crippen LogP contribution >= 0.6 is 0 Å². The molecule has 1 aliphatic rings. The molecule has 0 bridgehead atoms. The van der Waals surface area contributed by atoms with Gasteiger partial charge in [-0.3, -0.25) is 9.59 Å². The molecule has 0 saturated carbocycles. The van der Waals surface area contributed by atoms with E-state index >= 15 is 0 Å². The lowest BCUT2D eigenvalue weighted by Crippen LogP contribution is -2.50. The summed E-state index contributed by atoms with van der Waals surface area (Å²) in [5.74, 6) is -3.74. The predicted octanol–water partition coefficient (Wildman–Crippen LogP) is 0.0976. The van der Waals surface area contributed by atoms with Crippen molar-refractivity contribution in [2.45, 2.75) is 38.2 Å². The van der Waals surface area contributed by atoms with Crippen LogP contribution in [0.3, 0.4) is 0 Å². The summed E-state index contributed by atoms with van der Waals surface area (Å²) in [5, 5.41) is 2.16. The van der Waals surface area contributed by atoms with E-state index in [4.69, 9.17) is 5.73 Å². The number of alkyl halides is 2. The quantitative estimate of drug-likeness (QED) is 0.713. The number of rotatable bonds is 6. The van der Waals surface area contributed by atoms with Gasteiger partial charge in [-0.25, -0.2) is 8.78 Å². The van der Waals surface area contributed by atoms with Gasteiger partial charge in [-0.15, -0.1) is 0 Å². The molecule has 1 heterocycles. The van der Waals surface area contributed by atoms with Crippen LogP contribution in [0.25, 0.3) is 0 Å². The van der Waals surface area contributed by atoms with Gasteiger partial charge in [0.1, 0.15) is 6.04 Å². The van der Waals surface area contributed by atoms with E-state index in [1.807, 2.05) is 0 Å². The number of nitrogens with one attached hydrogen (secondary N) is 1. The van der Waals surface area contributed by atoms with E-state index < -0.39 is 31.0 Å². The van der Waals surface area contributed by atoms with Crippen LogP contribution in [0, 0.1) is 0 Å². The zero-order valence-electron chi connectivity index (χ0n) is 10.4. The summed E-state index contributed by atoms with van der Waals surface area (Å²) in [4.78, 5) is 24.8. The molecule has 7 heteroatoms. The second-order valence-corrected chi connectivity index (χ2v) is 4.39. The maximum absolute atomic E-state index is 12.9. The van der Waals surface area contributed by atoms with Crippen LogP contribution in [-0.4, -0.2) is 48.3 Å². The first-order valence-electron chi connectivity index (χ1n) is 6.06. The van der Waals surface area contributed by atoms with Crippen molar-refractivity contribution < 1.29 is 18.4 Å². The summed E-state index contributed by atoms with van der Waals surface area (Å²) in [6.07, 6.45) is 1.54. The third-order valence-electron chi connectivity index (χ3n) is 3.00. The summed E-state index contributed by atoms with van der Waals surface area (Å²) >= 11 is 0. The minimum absolute atomic E-state index is 0.0948. The average molecular weight is 263 g/mol. The Hall–Kier alpha value is -1.24. The Morgan fingerprint density at radius 2 is 2.28 bits per heavy atom. The Bertz CT molecular complexity index is 323. The van der Waals surface area contributed by atoms with Crippen LogP contribution in [0.5, 0.6) is 0 Å². The molecule has 1 fully saturated rings. The normalized spacial score (nSPS) is 18.0. The van der Waals surface area contributed by atoms with Crippen LogP contribution in [0.2, 0.25) is 0 Å². The van der Waals surface area contributed by atoms with Crippen molar-refractivity contribution in [1.29, 1.82) is 0 Å². The first kappa shape index (κ1) is 14.8. The highest BCUT2D eigenvalue weighted by atomic mass is 19.3. The van der Waals surface area contributed by atoms with Crippen LogP contribution in [0.1, 0.15) is 26.2 Å². The van der Waals surface area contributed by atoms with E-state index in [0.717, 1.165) is 0 Å². The first-order valence-corrected chi connectivity index (χ1v) is 6.06. The molecule has 5 nitrogen and oxygen atoms in total. The molecular formula is C11H19F2N3O2. The van der Waals surface area contributed by atoms with Gasteiger partial charge in [0.15, 0.2) is 0 Å². The third kappa shape index (κ3) is 3.63. The fourth-order valence-electron chi connectivity index (χ4n) is 1.95. The van der Waals surface area contributed by atoms with Gasteiger partial charge in [-0.1, -0.05) is 6.92 Å². The lowest BCUT2D eigenvalue weighted by atomic mass is 10.1. The fraction of sp³-hybridized carbons (Fsp3) is 0.818. The number of nitrogens with zero attached hydrogens (tertiary/aromatic N) is 1. The van der Waals surface area contributed by atoms with Crippen molar-refractivity contribution in [3.8, 4) is 0 Å². The maximum Gasteiger partial charge on any atom is 0.277 e. The Balaban J connectivity index is 2.55. The van der Waals surface area contributed by atoms with Crippen molar-refractivity contribution in [3.63, 3.8) is 0 Å². The van der Waals surface area contributed by atoms with Gasteiger partial charge in [0.25, 0.3) is 5.92 Å². The van der Waals surface area contributed by atoms with Crippen molar-refractivity contribution in [2.75, 3.05) is 19.6 Å². The molecule has 18 heavy (non-hydrogen) atoms. The predicted molar refractivity (Wildman–Crippen MR) is 62.0 cm³/mol. The highest BCUT2D eigenvalue weighted by Gasteiger charge is 2.33. The molecule has 1 unspecified atom stereocenters. The minimum atomic E-state index is -3.11. The molecular weight excluding hydrogens is 244 g/mol. The molecule has 1 saturated heterocycles. The maximum atomic E-state index is 12.9. The first-order chi connectivity index (χ1) is 8.41. The lowest BCUT2D eigenvalue weighted by Gasteiger charge is -2.26. The van der Waals surface area contributed by atoms with Crippen molar-refractivity contribution in [3.05, 3.63) is 0 Å². The number of halogens is 2. The zero-order valence-corrected chi connectivity index (χ0v) is 10.4. The topological polar surface area (TPSA) is 75.4 Å². The van der Waals surface area contributed by atoms with Crippen LogP contribution in [0.4, 0.5) is 8.78 Å². The molecule has 0 radical (unpaired) electrons. The Morgan fingerprint density at radius 1 is 1.61 bits per heavy atom. The van der Waals surface area contributed by atoms with Gasteiger partial charge in [0, 0.05) is 13.0 Å². The molecule has 104 valence electrons. The third-order valence-corrected chi connectivity index (χ3v) is 3.00. The van der Waals surface area contributed by atoms with E-state index in [9.17, 15) is 18.4 Å². The summed E-state index contributed by atoms with van der Waals surface area (Å²) < 4.78 is 25.8. The second kappa shape index (κ2) is 6.08. The van der Waals surface area contributed by atoms with Crippen LogP contribution < -0.4 is 11.1 Å². The van der Waals surface area contributed by atoms with E-state index in [-0.39, 0.29) is 5.91 Å². The summed E-state index contributed by atoms with van der Waals surface area (Å²) in [7, 11) is 0. The second-order valence-electron chi connectivity index (χ2n) is 4.39. The van der Waals surface area contributed by atoms with Crippen LogP contribution in [0.15, 0.2) is 0 Å². The zero-order chi connectivity index (χ0) is 13.8. The van der Waals surface area contributed by atoms with Gasteiger partial charge in [-0.2, -0.15) is 0 Å². The molecule has 0 spiro atoms. The largest absolute Gasteiger partial charge is 0.348 e. The van der Waals surface area contributed by atoms with E-state index in [2.05, 4.69) is 5.32 Å². The fourth-order valence-corrected chi connectivity index (χ4v) is 1.95. The highest BCUT2D eigenvalue weighted by Crippen LogP contribution is 2.16. The van der Waals surface area contributed by atoms with Gasteiger partial charge in [0.05, 0.1) is 13.1 Å². The average Bonchev–Trinajstić information content (AvgIpc) is 2.74. The molecule has 1 atom stereocenters. The number of hydrogen-bond donors (Lipinski definition) is 2. The van der Waals surface area contributed by atoms with Gasteiger partial charge < -0.3 is 16.0 Å². The van der Waals surface area contributed by atoms with Crippen molar-refractivity contribution in [1.82, 2.24) is 10.2 Å². The summed E-state index contributed by atoms with van der Waals surface area (Å²) in [6.45, 7) is 0.655. The number of carbonyl (C=O) groups is 2. The number of hydrogen-bond acceptors (Lipinski definition) is 3. The highest BCUT2D eigenvalue weighted by molar-refractivity contribution is 5.88. The van der Waals surface area contributed by atoms with Crippen LogP contribution in [-0.2, 0) is 9.59 Å². The minimum Gasteiger partial charge on any atom is -0.348 e. The van der Waals surface area contributed by atoms with Crippen molar-refractivity contribution in [2.24, 2.45) is 5.73 Å². The standard InChI is InChI=1S/C11H19F2N3O2/c1-2-8(16-5-3-4-9(16)17)10(18)15-7-11(12,13)6-14/h8H,2-7,14H2,1H3,(H,15,18). The lowest BCUT2D eigenvalue weighted by molar-refractivity contribution is -0.138. The SMILES string of the molecule is CCC(C(=O)NCC(F)(F)CN)N1CCCC1=O. The number of nitrogens with two attached hydrogens (primary N) is 1. The van der Waals surface area contributed by atoms with Gasteiger partial charge in [0.2, 0.25) is 11.8 Å². The molecule has 1 rings (SSSR count). The molecule has 1 aliphatic heterocycles. The molecule has 2 amide bonds. The molecule has 0 aromatic carbocycles.